The molecule has 0 spiro atoms. The number of hydrogen-bond donors (Lipinski definition) is 0. The Morgan fingerprint density at radius 3 is 2.00 bits per heavy atom. The van der Waals surface area contributed by atoms with Gasteiger partial charge in [-0.25, -0.2) is 0 Å². The first-order chi connectivity index (χ1) is 13.6. The summed E-state index contributed by atoms with van der Waals surface area (Å²) in [6, 6.07) is 22.0. The van der Waals surface area contributed by atoms with E-state index in [-0.39, 0.29) is 10.8 Å². The second kappa shape index (κ2) is 7.16. The minimum Gasteiger partial charge on any atom is -0.0933 e. The molecule has 4 aromatic rings. The Kier molecular flexibility index (Phi) is 4.93. The summed E-state index contributed by atoms with van der Waals surface area (Å²) in [7, 11) is 1.27. The average Bonchev–Trinajstić information content (AvgIpc) is 2.64. The average molecular weight is 397 g/mol. The van der Waals surface area contributed by atoms with E-state index >= 15 is 0 Å². The maximum absolute atomic E-state index is 3.71. The summed E-state index contributed by atoms with van der Waals surface area (Å²) in [6.07, 6.45) is 0. The molecule has 0 radical (unpaired) electrons. The smallest absolute Gasteiger partial charge is 0.0406 e. The van der Waals surface area contributed by atoms with E-state index in [2.05, 4.69) is 114 Å². The fourth-order valence-corrected chi connectivity index (χ4v) is 5.78. The van der Waals surface area contributed by atoms with Crippen LogP contribution in [0.4, 0.5) is 0 Å². The molecule has 146 valence electrons. The van der Waals surface area contributed by atoms with Crippen molar-refractivity contribution >= 4 is 40.0 Å². The third-order valence-electron chi connectivity index (χ3n) is 5.62. The number of hydrogen-bond acceptors (Lipinski definition) is 0. The predicted octanol–water partition coefficient (Wildman–Crippen LogP) is 8.79. The summed E-state index contributed by atoms with van der Waals surface area (Å²) >= 11 is 0. The van der Waals surface area contributed by atoms with Gasteiger partial charge in [0.05, 0.1) is 0 Å². The van der Waals surface area contributed by atoms with Crippen molar-refractivity contribution in [3.63, 3.8) is 0 Å². The fourth-order valence-electron chi connectivity index (χ4n) is 4.60. The Morgan fingerprint density at radius 2 is 1.31 bits per heavy atom. The van der Waals surface area contributed by atoms with Crippen LogP contribution in [0.5, 0.6) is 0 Å². The molecular formula is C28H29P. The maximum Gasteiger partial charge on any atom is 0.0406 e. The van der Waals surface area contributed by atoms with Crippen molar-refractivity contribution in [3.05, 3.63) is 66.2 Å². The molecule has 0 amide bonds. The van der Waals surface area contributed by atoms with Crippen LogP contribution < -0.4 is 0 Å². The largest absolute Gasteiger partial charge is 0.0933 e. The Balaban J connectivity index is 2.05. The lowest BCUT2D eigenvalue weighted by atomic mass is 9.67. The summed E-state index contributed by atoms with van der Waals surface area (Å²) in [5, 5.41) is 7.86. The molecule has 0 aliphatic heterocycles. The summed E-state index contributed by atoms with van der Waals surface area (Å²) in [6.45, 7) is 13.8. The van der Waals surface area contributed by atoms with E-state index in [1.165, 1.54) is 45.5 Å². The predicted molar refractivity (Wildman–Crippen MR) is 131 cm³/mol. The molecule has 4 rings (SSSR count). The molecule has 0 fully saturated rings. The van der Waals surface area contributed by atoms with Gasteiger partial charge in [-0.3, -0.25) is 0 Å². The van der Waals surface area contributed by atoms with Gasteiger partial charge in [0.2, 0.25) is 0 Å². The number of fused-ring (bicyclic) bond motifs is 3. The van der Waals surface area contributed by atoms with Crippen molar-refractivity contribution in [3.8, 4) is 11.8 Å². The van der Waals surface area contributed by atoms with E-state index in [0.717, 1.165) is 0 Å². The monoisotopic (exact) mass is 396 g/mol. The van der Waals surface area contributed by atoms with Crippen molar-refractivity contribution < 1.29 is 0 Å². The Morgan fingerprint density at radius 1 is 0.690 bits per heavy atom. The van der Waals surface area contributed by atoms with E-state index in [1.807, 2.05) is 0 Å². The molecule has 0 unspecified atom stereocenters. The molecule has 0 atom stereocenters. The summed E-state index contributed by atoms with van der Waals surface area (Å²) in [4.78, 5) is 0. The van der Waals surface area contributed by atoms with Crippen molar-refractivity contribution in [2.24, 2.45) is 16.7 Å². The quantitative estimate of drug-likeness (QED) is 0.206. The second-order valence-corrected chi connectivity index (χ2v) is 11.3. The number of rotatable bonds is 0. The minimum absolute atomic E-state index is 0.129. The molecule has 1 heterocycles. The summed E-state index contributed by atoms with van der Waals surface area (Å²) in [5.41, 5.74) is 1.44. The third kappa shape index (κ3) is 3.90. The van der Waals surface area contributed by atoms with E-state index < -0.39 is 0 Å². The highest BCUT2D eigenvalue weighted by atomic mass is 31.0. The molecule has 1 aromatic heterocycles. The molecule has 3 aromatic carbocycles. The van der Waals surface area contributed by atoms with Crippen LogP contribution in [0, 0.1) is 28.6 Å². The summed E-state index contributed by atoms with van der Waals surface area (Å²) < 4.78 is 0. The highest BCUT2D eigenvalue weighted by Gasteiger charge is 2.33. The van der Waals surface area contributed by atoms with Gasteiger partial charge in [-0.2, -0.15) is 0 Å². The van der Waals surface area contributed by atoms with Gasteiger partial charge in [0.1, 0.15) is 0 Å². The van der Waals surface area contributed by atoms with Crippen molar-refractivity contribution in [2.45, 2.75) is 41.5 Å². The molecule has 0 saturated carbocycles. The molecule has 0 aliphatic carbocycles. The Labute approximate surface area is 176 Å². The first-order valence-corrected chi connectivity index (χ1v) is 11.3. The first kappa shape index (κ1) is 19.9. The summed E-state index contributed by atoms with van der Waals surface area (Å²) in [5.74, 6) is 7.69. The van der Waals surface area contributed by atoms with Gasteiger partial charge in [-0.15, -0.1) is 0 Å². The van der Waals surface area contributed by atoms with Gasteiger partial charge >= 0.3 is 0 Å². The highest BCUT2D eigenvalue weighted by molar-refractivity contribution is 7.43. The van der Waals surface area contributed by atoms with Crippen LogP contribution in [0.15, 0.2) is 60.7 Å². The maximum atomic E-state index is 3.71. The lowest BCUT2D eigenvalue weighted by Crippen LogP contribution is -2.31. The van der Waals surface area contributed by atoms with Crippen molar-refractivity contribution in [1.29, 1.82) is 0 Å². The van der Waals surface area contributed by atoms with E-state index in [4.69, 9.17) is 0 Å². The van der Waals surface area contributed by atoms with Crippen LogP contribution in [-0.2, 0) is 0 Å². The van der Waals surface area contributed by atoms with Crippen LogP contribution in [0.3, 0.4) is 0 Å². The topological polar surface area (TPSA) is 0 Å². The molecule has 0 aliphatic rings. The van der Waals surface area contributed by atoms with Crippen LogP contribution >= 0.6 is 8.19 Å². The molecule has 0 saturated heterocycles. The van der Waals surface area contributed by atoms with Gasteiger partial charge in [-0.05, 0) is 45.2 Å². The van der Waals surface area contributed by atoms with Gasteiger partial charge in [0.15, 0.2) is 0 Å². The van der Waals surface area contributed by atoms with E-state index in [0.29, 0.717) is 5.92 Å². The lowest BCUT2D eigenvalue weighted by molar-refractivity contribution is 0.158. The van der Waals surface area contributed by atoms with Gasteiger partial charge in [0.25, 0.3) is 0 Å². The van der Waals surface area contributed by atoms with E-state index in [1.54, 1.807) is 0 Å². The third-order valence-corrected chi connectivity index (χ3v) is 6.88. The Bertz CT molecular complexity index is 1250. The van der Waals surface area contributed by atoms with Crippen LogP contribution in [0.25, 0.3) is 31.8 Å². The molecule has 29 heavy (non-hydrogen) atoms. The van der Waals surface area contributed by atoms with Crippen LogP contribution in [-0.4, -0.2) is 0 Å². The number of benzene rings is 3. The second-order valence-electron chi connectivity index (χ2n) is 10.2. The molecule has 1 heteroatoms. The molecule has 0 nitrogen and oxygen atoms in total. The normalized spacial score (nSPS) is 12.8. The zero-order valence-corrected chi connectivity index (χ0v) is 19.2. The van der Waals surface area contributed by atoms with Crippen molar-refractivity contribution in [2.75, 3.05) is 0 Å². The zero-order valence-electron chi connectivity index (χ0n) is 18.3. The highest BCUT2D eigenvalue weighted by Crippen LogP contribution is 2.40. The SMILES string of the molecule is CC(C)(C)C(C#Cc1c2ccccc2cc2pc3ccccc3cc12)C(C)(C)C. The zero-order chi connectivity index (χ0) is 20.8. The van der Waals surface area contributed by atoms with E-state index in [9.17, 15) is 0 Å². The molecular weight excluding hydrogens is 367 g/mol. The minimum atomic E-state index is 0.129. The van der Waals surface area contributed by atoms with Gasteiger partial charge < -0.3 is 0 Å². The van der Waals surface area contributed by atoms with Crippen molar-refractivity contribution in [1.82, 2.24) is 0 Å². The van der Waals surface area contributed by atoms with Gasteiger partial charge in [0, 0.05) is 27.1 Å². The van der Waals surface area contributed by atoms with Gasteiger partial charge in [-0.1, -0.05) is 104 Å². The standard InChI is InChI=1S/C28H29P/c1-27(2,3)26(28(4,5)6)16-15-22-21-13-9-7-11-19(21)18-25-23(22)17-20-12-8-10-14-24(20)29-25/h7-14,17-18,26H,1-6H3. The first-order valence-electron chi connectivity index (χ1n) is 10.4. The fraction of sp³-hybridized carbons (Fsp3) is 0.321. The van der Waals surface area contributed by atoms with Crippen LogP contribution in [0.2, 0.25) is 0 Å². The molecule has 0 bridgehead atoms. The van der Waals surface area contributed by atoms with Crippen LogP contribution in [0.1, 0.15) is 47.1 Å². The Hall–Kier alpha value is -2.35. The lowest BCUT2D eigenvalue weighted by Gasteiger charge is -2.37. The molecule has 0 N–H and O–H groups in total.